The zero-order chi connectivity index (χ0) is 24.0. The van der Waals surface area contributed by atoms with Crippen LogP contribution in [0.15, 0.2) is 47.4 Å². The number of ether oxygens (including phenoxy) is 1. The van der Waals surface area contributed by atoms with Gasteiger partial charge in [0.15, 0.2) is 9.84 Å². The zero-order valence-electron chi connectivity index (χ0n) is 18.0. The number of rotatable bonds is 6. The molecule has 2 aliphatic rings. The molecule has 0 aromatic heterocycles. The third-order valence-electron chi connectivity index (χ3n) is 6.55. The lowest BCUT2D eigenvalue weighted by Crippen LogP contribution is -2.62. The van der Waals surface area contributed by atoms with Gasteiger partial charge in [0.1, 0.15) is 11.4 Å². The topological polar surface area (TPSA) is 107 Å². The Bertz CT molecular complexity index is 1220. The van der Waals surface area contributed by atoms with Gasteiger partial charge in [0.2, 0.25) is 5.91 Å². The summed E-state index contributed by atoms with van der Waals surface area (Å²) >= 11 is 5.88. The van der Waals surface area contributed by atoms with Gasteiger partial charge in [-0.25, -0.2) is 12.8 Å². The molecule has 10 heteroatoms. The minimum atomic E-state index is -3.54. The maximum absolute atomic E-state index is 14.4. The van der Waals surface area contributed by atoms with Crippen molar-refractivity contribution in [2.24, 2.45) is 11.7 Å². The second-order valence-corrected chi connectivity index (χ2v) is 11.0. The van der Waals surface area contributed by atoms with Crippen LogP contribution in [-0.2, 0) is 19.4 Å². The van der Waals surface area contributed by atoms with Gasteiger partial charge in [0.05, 0.1) is 23.1 Å². The molecule has 0 unspecified atom stereocenters. The molecule has 2 aromatic carbocycles. The Morgan fingerprint density at radius 1 is 1.24 bits per heavy atom. The van der Waals surface area contributed by atoms with Gasteiger partial charge in [0.25, 0.3) is 5.91 Å². The molecule has 2 saturated heterocycles. The van der Waals surface area contributed by atoms with Crippen molar-refractivity contribution in [1.29, 1.82) is 0 Å². The highest BCUT2D eigenvalue weighted by atomic mass is 35.5. The number of hydrogen-bond acceptors (Lipinski definition) is 5. The SMILES string of the molecule is CS(=O)(=O)c1cccc(C(=O)N2CCC[C@@]2(C(N)=O)[C@@H](c2ccc(Cl)c(F)c2)C2COC2)c1. The number of likely N-dealkylation sites (tertiary alicyclic amines) is 1. The van der Waals surface area contributed by atoms with Gasteiger partial charge in [0, 0.05) is 30.2 Å². The summed E-state index contributed by atoms with van der Waals surface area (Å²) in [7, 11) is -3.54. The molecule has 33 heavy (non-hydrogen) atoms. The number of nitrogens with zero attached hydrogens (tertiary/aromatic N) is 1. The van der Waals surface area contributed by atoms with E-state index in [1.165, 1.54) is 41.3 Å². The monoisotopic (exact) mass is 494 g/mol. The van der Waals surface area contributed by atoms with Gasteiger partial charge in [-0.15, -0.1) is 0 Å². The lowest BCUT2D eigenvalue weighted by Gasteiger charge is -2.47. The third kappa shape index (κ3) is 4.13. The molecule has 2 amide bonds. The second kappa shape index (κ2) is 8.70. The fourth-order valence-corrected chi connectivity index (χ4v) is 5.75. The van der Waals surface area contributed by atoms with Crippen LogP contribution < -0.4 is 5.73 Å². The summed E-state index contributed by atoms with van der Waals surface area (Å²) in [5, 5.41) is -0.0487. The van der Waals surface area contributed by atoms with E-state index < -0.39 is 38.9 Å². The van der Waals surface area contributed by atoms with E-state index in [1.54, 1.807) is 6.07 Å². The smallest absolute Gasteiger partial charge is 0.254 e. The fourth-order valence-electron chi connectivity index (χ4n) is 4.96. The number of sulfone groups is 1. The van der Waals surface area contributed by atoms with Gasteiger partial charge in [-0.2, -0.15) is 0 Å². The fraction of sp³-hybridized carbons (Fsp3) is 0.391. The number of nitrogens with two attached hydrogens (primary N) is 1. The molecule has 0 saturated carbocycles. The van der Waals surface area contributed by atoms with E-state index in [2.05, 4.69) is 0 Å². The summed E-state index contributed by atoms with van der Waals surface area (Å²) in [5.41, 5.74) is 5.19. The molecule has 4 rings (SSSR count). The first-order valence-corrected chi connectivity index (χ1v) is 12.8. The Kier molecular flexibility index (Phi) is 6.24. The van der Waals surface area contributed by atoms with Crippen LogP contribution in [0.25, 0.3) is 0 Å². The van der Waals surface area contributed by atoms with Crippen LogP contribution in [-0.4, -0.2) is 56.7 Å². The van der Waals surface area contributed by atoms with E-state index in [-0.39, 0.29) is 27.9 Å². The maximum atomic E-state index is 14.4. The first-order chi connectivity index (χ1) is 15.6. The molecule has 2 aromatic rings. The highest BCUT2D eigenvalue weighted by Crippen LogP contribution is 2.48. The average molecular weight is 495 g/mol. The molecule has 176 valence electrons. The number of benzene rings is 2. The van der Waals surface area contributed by atoms with Crippen molar-refractivity contribution >= 4 is 33.3 Å². The minimum Gasteiger partial charge on any atom is -0.381 e. The molecule has 0 bridgehead atoms. The van der Waals surface area contributed by atoms with Crippen molar-refractivity contribution in [3.63, 3.8) is 0 Å². The summed E-state index contributed by atoms with van der Waals surface area (Å²) in [5.74, 6) is -2.60. The molecule has 2 heterocycles. The standard InChI is InChI=1S/C23H24ClFN2O5S/c1-33(30,31)17-5-2-4-15(10-17)21(28)27-9-3-8-23(27,22(26)29)20(16-12-32-13-16)14-6-7-18(24)19(25)11-14/h2,4-7,10-11,16,20H,3,8-9,12-13H2,1H3,(H2,26,29)/t20-,23-/m0/s1. The van der Waals surface area contributed by atoms with E-state index in [0.29, 0.717) is 31.6 Å². The largest absolute Gasteiger partial charge is 0.381 e. The number of carbonyl (C=O) groups excluding carboxylic acids is 2. The Morgan fingerprint density at radius 3 is 2.55 bits per heavy atom. The Labute approximate surface area is 196 Å². The first-order valence-electron chi connectivity index (χ1n) is 10.5. The number of primary amides is 1. The summed E-state index contributed by atoms with van der Waals surface area (Å²) in [6.45, 7) is 0.941. The van der Waals surface area contributed by atoms with Crippen molar-refractivity contribution in [3.05, 3.63) is 64.4 Å². The number of amides is 2. The average Bonchev–Trinajstić information content (AvgIpc) is 3.17. The third-order valence-corrected chi connectivity index (χ3v) is 7.97. The molecule has 2 N–H and O–H groups in total. The van der Waals surface area contributed by atoms with Crippen LogP contribution >= 0.6 is 11.6 Å². The van der Waals surface area contributed by atoms with Crippen molar-refractivity contribution in [2.45, 2.75) is 29.2 Å². The van der Waals surface area contributed by atoms with E-state index in [9.17, 15) is 22.4 Å². The van der Waals surface area contributed by atoms with Crippen molar-refractivity contribution in [2.75, 3.05) is 26.0 Å². The molecule has 0 aliphatic carbocycles. The van der Waals surface area contributed by atoms with Gasteiger partial charge in [-0.1, -0.05) is 23.7 Å². The lowest BCUT2D eigenvalue weighted by atomic mass is 9.68. The first kappa shape index (κ1) is 23.7. The molecular formula is C23H24ClFN2O5S. The summed E-state index contributed by atoms with van der Waals surface area (Å²) < 4.78 is 43.8. The van der Waals surface area contributed by atoms with Crippen LogP contribution in [0.5, 0.6) is 0 Å². The van der Waals surface area contributed by atoms with Gasteiger partial charge in [-0.05, 0) is 48.7 Å². The molecule has 7 nitrogen and oxygen atoms in total. The van der Waals surface area contributed by atoms with Gasteiger partial charge < -0.3 is 15.4 Å². The van der Waals surface area contributed by atoms with Crippen molar-refractivity contribution in [3.8, 4) is 0 Å². The quantitative estimate of drug-likeness (QED) is 0.664. The number of halogens is 2. The van der Waals surface area contributed by atoms with Crippen LogP contribution in [0.2, 0.25) is 5.02 Å². The molecule has 0 radical (unpaired) electrons. The Balaban J connectivity index is 1.82. The van der Waals surface area contributed by atoms with E-state index in [1.807, 2.05) is 0 Å². The van der Waals surface area contributed by atoms with Crippen LogP contribution in [0.1, 0.15) is 34.7 Å². The number of carbonyl (C=O) groups is 2. The second-order valence-electron chi connectivity index (χ2n) is 8.60. The van der Waals surface area contributed by atoms with Crippen molar-refractivity contribution in [1.82, 2.24) is 4.90 Å². The maximum Gasteiger partial charge on any atom is 0.254 e. The van der Waals surface area contributed by atoms with Crippen LogP contribution in [0.4, 0.5) is 4.39 Å². The summed E-state index contributed by atoms with van der Waals surface area (Å²) in [4.78, 5) is 28.1. The Morgan fingerprint density at radius 2 is 1.97 bits per heavy atom. The summed E-state index contributed by atoms with van der Waals surface area (Å²) in [6, 6.07) is 10.0. The molecular weight excluding hydrogens is 471 g/mol. The molecule has 2 atom stereocenters. The normalized spacial score (nSPS) is 22.1. The van der Waals surface area contributed by atoms with Crippen molar-refractivity contribution < 1.29 is 27.1 Å². The number of hydrogen-bond donors (Lipinski definition) is 1. The van der Waals surface area contributed by atoms with Crippen LogP contribution in [0.3, 0.4) is 0 Å². The highest BCUT2D eigenvalue weighted by molar-refractivity contribution is 7.90. The zero-order valence-corrected chi connectivity index (χ0v) is 19.5. The molecule has 2 fully saturated rings. The summed E-state index contributed by atoms with van der Waals surface area (Å²) in [6.07, 6.45) is 1.87. The predicted octanol–water partition coefficient (Wildman–Crippen LogP) is 2.77. The van der Waals surface area contributed by atoms with E-state index >= 15 is 0 Å². The minimum absolute atomic E-state index is 0.000868. The van der Waals surface area contributed by atoms with Crippen LogP contribution in [0, 0.1) is 11.7 Å². The predicted molar refractivity (Wildman–Crippen MR) is 120 cm³/mol. The Hall–Kier alpha value is -2.49. The molecule has 2 aliphatic heterocycles. The molecule has 0 spiro atoms. The van der Waals surface area contributed by atoms with Gasteiger partial charge >= 0.3 is 0 Å². The highest BCUT2D eigenvalue weighted by Gasteiger charge is 2.57. The van der Waals surface area contributed by atoms with E-state index in [0.717, 1.165) is 6.26 Å². The lowest BCUT2D eigenvalue weighted by molar-refractivity contribution is -0.134. The van der Waals surface area contributed by atoms with Gasteiger partial charge in [-0.3, -0.25) is 9.59 Å². The van der Waals surface area contributed by atoms with E-state index in [4.69, 9.17) is 22.1 Å².